The molecule has 7 heteroatoms. The Bertz CT molecular complexity index is 1040. The van der Waals surface area contributed by atoms with E-state index in [0.29, 0.717) is 19.7 Å². The zero-order valence-electron chi connectivity index (χ0n) is 17.2. The van der Waals surface area contributed by atoms with Crippen molar-refractivity contribution in [2.24, 2.45) is 0 Å². The molecule has 1 aliphatic heterocycles. The van der Waals surface area contributed by atoms with Gasteiger partial charge in [-0.15, -0.1) is 0 Å². The Morgan fingerprint density at radius 2 is 1.83 bits per heavy atom. The second kappa shape index (κ2) is 8.77. The van der Waals surface area contributed by atoms with Crippen LogP contribution in [-0.2, 0) is 17.8 Å². The Kier molecular flexibility index (Phi) is 6.16. The topological polar surface area (TPSA) is 90.6 Å². The first kappa shape index (κ1) is 20.4. The number of ether oxygens (including phenoxy) is 2. The number of benzene rings is 2. The van der Waals surface area contributed by atoms with Crippen molar-refractivity contribution in [2.75, 3.05) is 19.5 Å². The van der Waals surface area contributed by atoms with Crippen LogP contribution >= 0.6 is 0 Å². The van der Waals surface area contributed by atoms with Crippen LogP contribution < -0.4 is 10.5 Å². The van der Waals surface area contributed by atoms with E-state index in [1.165, 1.54) is 0 Å². The number of carbonyl (C=O) groups is 1. The van der Waals surface area contributed by atoms with Gasteiger partial charge in [0.25, 0.3) is 0 Å². The van der Waals surface area contributed by atoms with E-state index in [1.54, 1.807) is 18.9 Å². The normalized spacial score (nSPS) is 12.2. The number of fused-ring (bicyclic) bond motifs is 2. The maximum absolute atomic E-state index is 12.1. The summed E-state index contributed by atoms with van der Waals surface area (Å²) in [4.78, 5) is 22.5. The highest BCUT2D eigenvalue weighted by molar-refractivity contribution is 5.88. The highest BCUT2D eigenvalue weighted by Gasteiger charge is 2.29. The summed E-state index contributed by atoms with van der Waals surface area (Å²) in [5.41, 5.74) is 9.28. The third-order valence-electron chi connectivity index (χ3n) is 4.65. The van der Waals surface area contributed by atoms with Crippen molar-refractivity contribution in [3.8, 4) is 17.0 Å². The molecule has 1 aliphatic rings. The van der Waals surface area contributed by atoms with Crippen LogP contribution in [0, 0.1) is 0 Å². The molecule has 152 valence electrons. The van der Waals surface area contributed by atoms with Gasteiger partial charge in [0, 0.05) is 11.1 Å². The minimum atomic E-state index is -0.356. The molecule has 29 heavy (non-hydrogen) atoms. The zero-order chi connectivity index (χ0) is 21.0. The zero-order valence-corrected chi connectivity index (χ0v) is 17.2. The number of methoxy groups -OCH3 is 1. The molecule has 3 aromatic rings. The molecule has 1 amide bonds. The van der Waals surface area contributed by atoms with Crippen LogP contribution in [0.2, 0.25) is 0 Å². The Balaban J connectivity index is 0.00000117. The molecular weight excluding hydrogens is 368 g/mol. The average Bonchev–Trinajstić information content (AvgIpc) is 3.18. The number of rotatable bonds is 3. The van der Waals surface area contributed by atoms with Crippen LogP contribution in [0.15, 0.2) is 36.4 Å². The van der Waals surface area contributed by atoms with E-state index in [0.717, 1.165) is 39.0 Å². The lowest BCUT2D eigenvalue weighted by atomic mass is 10.0. The van der Waals surface area contributed by atoms with Gasteiger partial charge >= 0.3 is 6.09 Å². The number of hydrogen-bond acceptors (Lipinski definition) is 6. The Morgan fingerprint density at radius 3 is 2.55 bits per heavy atom. The van der Waals surface area contributed by atoms with Crippen LogP contribution in [-0.4, -0.2) is 34.7 Å². The van der Waals surface area contributed by atoms with E-state index >= 15 is 0 Å². The number of nitrogens with two attached hydrogens (primary N) is 1. The number of hydrogen-bond donors (Lipinski definition) is 1. The van der Waals surface area contributed by atoms with E-state index in [4.69, 9.17) is 15.2 Å². The fraction of sp³-hybridized carbons (Fsp3) is 0.318. The van der Waals surface area contributed by atoms with Gasteiger partial charge in [0.05, 0.1) is 38.2 Å². The maximum Gasteiger partial charge on any atom is 0.410 e. The number of nitrogen functional groups attached to an aromatic ring is 1. The molecule has 1 aromatic heterocycles. The molecule has 0 radical (unpaired) electrons. The van der Waals surface area contributed by atoms with Crippen LogP contribution in [0.4, 0.5) is 10.7 Å². The summed E-state index contributed by atoms with van der Waals surface area (Å²) in [7, 11) is 1.65. The number of anilines is 1. The molecule has 0 fully saturated rings. The fourth-order valence-electron chi connectivity index (χ4n) is 3.35. The van der Waals surface area contributed by atoms with Gasteiger partial charge in [0.15, 0.2) is 0 Å². The summed E-state index contributed by atoms with van der Waals surface area (Å²) in [6.45, 7) is 6.90. The van der Waals surface area contributed by atoms with Crippen molar-refractivity contribution < 1.29 is 14.3 Å². The summed E-state index contributed by atoms with van der Waals surface area (Å²) in [5, 5.41) is 2.14. The van der Waals surface area contributed by atoms with Crippen molar-refractivity contribution in [1.29, 1.82) is 0 Å². The third-order valence-corrected chi connectivity index (χ3v) is 4.65. The summed E-state index contributed by atoms with van der Waals surface area (Å²) < 4.78 is 10.4. The van der Waals surface area contributed by atoms with Crippen molar-refractivity contribution in [2.45, 2.75) is 33.9 Å². The van der Waals surface area contributed by atoms with Crippen LogP contribution in [0.3, 0.4) is 0 Å². The minimum Gasteiger partial charge on any atom is -0.497 e. The molecule has 7 nitrogen and oxygen atoms in total. The predicted molar refractivity (Wildman–Crippen MR) is 114 cm³/mol. The van der Waals surface area contributed by atoms with Gasteiger partial charge < -0.3 is 15.2 Å². The van der Waals surface area contributed by atoms with Gasteiger partial charge in [0.1, 0.15) is 5.75 Å². The Hall–Kier alpha value is -3.35. The average molecular weight is 394 g/mol. The van der Waals surface area contributed by atoms with Crippen LogP contribution in [0.1, 0.15) is 32.0 Å². The van der Waals surface area contributed by atoms with E-state index < -0.39 is 0 Å². The first-order valence-electron chi connectivity index (χ1n) is 9.74. The molecular formula is C22H26N4O3. The molecule has 0 unspecified atom stereocenters. The highest BCUT2D eigenvalue weighted by atomic mass is 16.6. The molecule has 0 atom stereocenters. The van der Waals surface area contributed by atoms with Gasteiger partial charge in [-0.25, -0.2) is 14.8 Å². The van der Waals surface area contributed by atoms with Crippen molar-refractivity contribution >= 4 is 22.8 Å². The lowest BCUT2D eigenvalue weighted by Gasteiger charge is -2.14. The Morgan fingerprint density at radius 1 is 1.10 bits per heavy atom. The summed E-state index contributed by atoms with van der Waals surface area (Å²) in [5.74, 6) is 1.01. The summed E-state index contributed by atoms with van der Waals surface area (Å²) >= 11 is 0. The second-order valence-corrected chi connectivity index (χ2v) is 6.34. The molecule has 0 spiro atoms. The van der Waals surface area contributed by atoms with Crippen molar-refractivity contribution in [3.63, 3.8) is 0 Å². The van der Waals surface area contributed by atoms with E-state index in [9.17, 15) is 4.79 Å². The van der Waals surface area contributed by atoms with E-state index in [2.05, 4.69) is 16.0 Å². The molecule has 0 aliphatic carbocycles. The first-order valence-corrected chi connectivity index (χ1v) is 9.74. The largest absolute Gasteiger partial charge is 0.497 e. The van der Waals surface area contributed by atoms with E-state index in [1.807, 2.05) is 44.2 Å². The van der Waals surface area contributed by atoms with Gasteiger partial charge in [0.2, 0.25) is 5.95 Å². The van der Waals surface area contributed by atoms with Crippen molar-refractivity contribution in [3.05, 3.63) is 47.7 Å². The SMILES string of the molecule is CC.CCOC(=O)N1Cc2nc(N)nc(-c3ccc4cc(OC)ccc4c3)c2C1. The predicted octanol–water partition coefficient (Wildman–Crippen LogP) is 4.39. The lowest BCUT2D eigenvalue weighted by Crippen LogP contribution is -2.26. The summed E-state index contributed by atoms with van der Waals surface area (Å²) in [6, 6.07) is 12.0. The highest BCUT2D eigenvalue weighted by Crippen LogP contribution is 2.33. The minimum absolute atomic E-state index is 0.198. The van der Waals surface area contributed by atoms with Gasteiger partial charge in [-0.1, -0.05) is 32.0 Å². The molecule has 2 aromatic carbocycles. The molecule has 0 saturated carbocycles. The lowest BCUT2D eigenvalue weighted by molar-refractivity contribution is 0.106. The van der Waals surface area contributed by atoms with Crippen LogP contribution in [0.25, 0.3) is 22.0 Å². The molecule has 2 N–H and O–H groups in total. The van der Waals surface area contributed by atoms with Gasteiger partial charge in [-0.3, -0.25) is 4.90 Å². The standard InChI is InChI=1S/C20H20N4O3.C2H6/c1-3-27-20(25)24-10-16-17(11-24)22-19(21)23-18(16)14-5-4-13-9-15(26-2)7-6-12(13)8-14;1-2/h4-9H,3,10-11H2,1-2H3,(H2,21,22,23);1-2H3. The monoisotopic (exact) mass is 394 g/mol. The summed E-state index contributed by atoms with van der Waals surface area (Å²) in [6.07, 6.45) is -0.356. The molecule has 0 saturated heterocycles. The second-order valence-electron chi connectivity index (χ2n) is 6.34. The van der Waals surface area contributed by atoms with Gasteiger partial charge in [-0.2, -0.15) is 0 Å². The number of aromatic nitrogens is 2. The number of carbonyl (C=O) groups excluding carboxylic acids is 1. The molecule has 0 bridgehead atoms. The quantitative estimate of drug-likeness (QED) is 0.709. The maximum atomic E-state index is 12.1. The number of nitrogens with zero attached hydrogens (tertiary/aromatic N) is 3. The Labute approximate surface area is 170 Å². The van der Waals surface area contributed by atoms with Gasteiger partial charge in [-0.05, 0) is 35.9 Å². The van der Waals surface area contributed by atoms with E-state index in [-0.39, 0.29) is 12.0 Å². The molecule has 2 heterocycles. The third kappa shape index (κ3) is 4.08. The first-order chi connectivity index (χ1) is 14.1. The fourth-order valence-corrected chi connectivity index (χ4v) is 3.35. The number of amides is 1. The molecule has 4 rings (SSSR count). The smallest absolute Gasteiger partial charge is 0.410 e. The van der Waals surface area contributed by atoms with Crippen LogP contribution in [0.5, 0.6) is 5.75 Å². The van der Waals surface area contributed by atoms with Crippen molar-refractivity contribution in [1.82, 2.24) is 14.9 Å².